The predicted molar refractivity (Wildman–Crippen MR) is 269 cm³/mol. The Kier molecular flexibility index (Phi) is 28.0. The van der Waals surface area contributed by atoms with E-state index in [2.05, 4.69) is 90.0 Å². The molecular weight excluding hydrogens is 1020 g/mol. The molecular formula is C44H72N7O17P3S. The molecule has 0 radical (unpaired) electrons. The molecule has 0 saturated carbocycles. The number of carbonyl (C=O) groups excluding carboxylic acids is 3. The number of fused-ring (bicyclic) bond motifs is 1. The van der Waals surface area contributed by atoms with Crippen LogP contribution in [0.5, 0.6) is 0 Å². The Morgan fingerprint density at radius 3 is 2.10 bits per heavy atom. The Labute approximate surface area is 424 Å². The number of aliphatic hydroxyl groups is 2. The van der Waals surface area contributed by atoms with Crippen molar-refractivity contribution in [2.45, 2.75) is 141 Å². The van der Waals surface area contributed by atoms with Gasteiger partial charge in [0.2, 0.25) is 11.8 Å². The molecule has 7 atom stereocenters. The lowest BCUT2D eigenvalue weighted by Gasteiger charge is -2.30. The number of aromatic nitrogens is 4. The third-order valence-electron chi connectivity index (χ3n) is 10.7. The number of phosphoric acid groups is 3. The van der Waals surface area contributed by atoms with E-state index in [4.69, 9.17) is 19.5 Å². The predicted octanol–water partition coefficient (Wildman–Crippen LogP) is 5.98. The average Bonchev–Trinajstić information content (AvgIpc) is 3.87. The molecule has 2 aromatic rings. The van der Waals surface area contributed by atoms with Crippen LogP contribution in [0.3, 0.4) is 0 Å². The largest absolute Gasteiger partial charge is 0.481 e. The lowest BCUT2D eigenvalue weighted by Crippen LogP contribution is -2.46. The van der Waals surface area contributed by atoms with Crippen LogP contribution in [-0.4, -0.2) is 123 Å². The van der Waals surface area contributed by atoms with Crippen molar-refractivity contribution in [3.05, 3.63) is 61.3 Å². The molecule has 1 fully saturated rings. The molecule has 72 heavy (non-hydrogen) atoms. The van der Waals surface area contributed by atoms with Gasteiger partial charge < -0.3 is 50.9 Å². The second-order valence-corrected chi connectivity index (χ2v) is 22.7. The normalized spacial score (nSPS) is 20.0. The summed E-state index contributed by atoms with van der Waals surface area (Å²) >= 11 is 1.14. The van der Waals surface area contributed by atoms with Crippen LogP contribution in [0.25, 0.3) is 11.2 Å². The van der Waals surface area contributed by atoms with Crippen LogP contribution in [-0.2, 0) is 50.7 Å². The van der Waals surface area contributed by atoms with E-state index in [1.54, 1.807) is 0 Å². The number of unbranched alkanes of at least 4 members (excludes halogenated alkanes) is 7. The van der Waals surface area contributed by atoms with Crippen LogP contribution in [0.2, 0.25) is 0 Å². The zero-order chi connectivity index (χ0) is 53.2. The minimum atomic E-state index is -5.58. The highest BCUT2D eigenvalue weighted by molar-refractivity contribution is 8.13. The summed E-state index contributed by atoms with van der Waals surface area (Å²) in [6.07, 6.45) is 23.8. The van der Waals surface area contributed by atoms with Crippen molar-refractivity contribution in [2.24, 2.45) is 5.41 Å². The van der Waals surface area contributed by atoms with E-state index in [0.29, 0.717) is 12.2 Å². The van der Waals surface area contributed by atoms with E-state index < -0.39 is 84.6 Å². The van der Waals surface area contributed by atoms with Crippen LogP contribution in [0, 0.1) is 5.41 Å². The molecule has 3 rings (SSSR count). The molecule has 2 aromatic heterocycles. The van der Waals surface area contributed by atoms with Gasteiger partial charge in [0.15, 0.2) is 22.8 Å². The number of carbonyl (C=O) groups is 3. The van der Waals surface area contributed by atoms with Gasteiger partial charge in [0.1, 0.15) is 36.3 Å². The maximum atomic E-state index is 12.8. The summed E-state index contributed by atoms with van der Waals surface area (Å²) in [4.78, 5) is 88.5. The highest BCUT2D eigenvalue weighted by atomic mass is 32.2. The molecule has 1 aliphatic heterocycles. The van der Waals surface area contributed by atoms with E-state index in [0.717, 1.165) is 80.4 Å². The summed E-state index contributed by atoms with van der Waals surface area (Å²) < 4.78 is 62.5. The van der Waals surface area contributed by atoms with Crippen molar-refractivity contribution in [1.82, 2.24) is 30.2 Å². The monoisotopic (exact) mass is 1100 g/mol. The third kappa shape index (κ3) is 24.2. The van der Waals surface area contributed by atoms with Gasteiger partial charge in [-0.1, -0.05) is 107 Å². The van der Waals surface area contributed by atoms with Gasteiger partial charge in [-0.05, 0) is 51.4 Å². The highest BCUT2D eigenvalue weighted by Gasteiger charge is 2.50. The number of ether oxygens (including phenoxy) is 1. The highest BCUT2D eigenvalue weighted by Crippen LogP contribution is 2.61. The summed E-state index contributed by atoms with van der Waals surface area (Å²) in [5.74, 6) is -1.06. The molecule has 2 amide bonds. The van der Waals surface area contributed by atoms with Crippen molar-refractivity contribution < 1.29 is 80.5 Å². The number of rotatable bonds is 36. The van der Waals surface area contributed by atoms with E-state index in [9.17, 15) is 57.9 Å². The van der Waals surface area contributed by atoms with Crippen molar-refractivity contribution in [3.8, 4) is 0 Å². The molecule has 0 aliphatic carbocycles. The first kappa shape index (κ1) is 62.8. The molecule has 10 N–H and O–H groups in total. The number of amides is 2. The maximum Gasteiger partial charge on any atom is 0.481 e. The Morgan fingerprint density at radius 1 is 0.847 bits per heavy atom. The number of phosphoric ester groups is 3. The first-order chi connectivity index (χ1) is 34.1. The number of nitrogens with one attached hydrogen (secondary N) is 2. The fourth-order valence-corrected chi connectivity index (χ4v) is 10.4. The van der Waals surface area contributed by atoms with Crippen molar-refractivity contribution in [3.63, 3.8) is 0 Å². The molecule has 1 saturated heterocycles. The number of thioether (sulfide) groups is 1. The van der Waals surface area contributed by atoms with Gasteiger partial charge in [-0.2, -0.15) is 4.31 Å². The molecule has 28 heteroatoms. The molecule has 1 aliphatic rings. The van der Waals surface area contributed by atoms with E-state index in [1.807, 2.05) is 0 Å². The van der Waals surface area contributed by atoms with Gasteiger partial charge in [0, 0.05) is 37.1 Å². The lowest BCUT2D eigenvalue weighted by molar-refractivity contribution is -0.137. The number of nitrogen functional groups attached to an aromatic ring is 1. The van der Waals surface area contributed by atoms with Crippen molar-refractivity contribution in [2.75, 3.05) is 37.8 Å². The second-order valence-electron chi connectivity index (χ2n) is 17.3. The fourth-order valence-electron chi connectivity index (χ4n) is 6.81. The standard InChI is InChI=1S/C44H72N7O17P3S/c1-4-5-6-7-8-9-10-11-12-13-14-15-16-17-18-19-20-21-22-23-24-35(53)72-28-27-46-34(52)25-26-47-42(56)39(55)44(2,3)30-65-71(62,63)68-70(60,61)64-29-33-38(67-69(57,58)59)37(54)43(66-33)51-32-50-36-40(45)48-31-49-41(36)51/h8-9,11-12,14-15,17-18,31-33,37-39,43,54-55H,4-7,10,13,16,19-30H2,1-3H3,(H,46,52)(H,47,56)(H,60,61)(H,62,63)(H2,45,48,49)(H2,57,58,59). The Bertz CT molecular complexity index is 2280. The summed E-state index contributed by atoms with van der Waals surface area (Å²) in [5, 5.41) is 26.7. The summed E-state index contributed by atoms with van der Waals surface area (Å²) in [5.41, 5.74) is 4.28. The van der Waals surface area contributed by atoms with Crippen LogP contribution in [0.15, 0.2) is 61.3 Å². The quantitative estimate of drug-likeness (QED) is 0.0215. The number of allylic oxidation sites excluding steroid dienone is 8. The van der Waals surface area contributed by atoms with Crippen LogP contribution >= 0.6 is 35.2 Å². The SMILES string of the molecule is CCCCCC=CCC=CCC=CCC=CCCCCCCC(=O)SCCNC(=O)CCNC(=O)C(O)C(C)(C)COP(=O)(O)OP(=O)(O)OCC1OC(n2cnc3c(N)ncnc32)C(O)C1OP(=O)(O)O. The Balaban J connectivity index is 1.26. The topological polar surface area (TPSA) is 364 Å². The van der Waals surface area contributed by atoms with Gasteiger partial charge in [-0.15, -0.1) is 0 Å². The Morgan fingerprint density at radius 2 is 1.46 bits per heavy atom. The summed E-state index contributed by atoms with van der Waals surface area (Å²) in [6, 6.07) is 0. The number of nitrogens with zero attached hydrogens (tertiary/aromatic N) is 4. The van der Waals surface area contributed by atoms with Gasteiger partial charge in [0.05, 0.1) is 19.5 Å². The third-order valence-corrected chi connectivity index (χ3v) is 14.8. The molecule has 0 bridgehead atoms. The first-order valence-electron chi connectivity index (χ1n) is 23.7. The van der Waals surface area contributed by atoms with Gasteiger partial charge >= 0.3 is 23.5 Å². The van der Waals surface area contributed by atoms with Gasteiger partial charge in [-0.25, -0.2) is 28.6 Å². The number of nitrogens with two attached hydrogens (primary N) is 1. The zero-order valence-electron chi connectivity index (χ0n) is 40.9. The minimum absolute atomic E-state index is 0.0313. The number of hydrogen-bond acceptors (Lipinski definition) is 18. The van der Waals surface area contributed by atoms with Gasteiger partial charge in [-0.3, -0.25) is 32.5 Å². The number of aliphatic hydroxyl groups excluding tert-OH is 2. The van der Waals surface area contributed by atoms with Crippen molar-refractivity contribution in [1.29, 1.82) is 0 Å². The van der Waals surface area contributed by atoms with Crippen LogP contribution in [0.1, 0.15) is 117 Å². The zero-order valence-corrected chi connectivity index (χ0v) is 44.4. The number of anilines is 1. The van der Waals surface area contributed by atoms with E-state index in [-0.39, 0.29) is 41.6 Å². The summed E-state index contributed by atoms with van der Waals surface area (Å²) in [6.45, 7) is 2.75. The number of hydrogen-bond donors (Lipinski definition) is 9. The minimum Gasteiger partial charge on any atom is -0.386 e. The molecule has 24 nitrogen and oxygen atoms in total. The number of imidazole rings is 1. The fraction of sp³-hybridized carbons (Fsp3) is 0.636. The van der Waals surface area contributed by atoms with Crippen LogP contribution < -0.4 is 16.4 Å². The molecule has 0 aromatic carbocycles. The maximum absolute atomic E-state index is 12.8. The first-order valence-corrected chi connectivity index (χ1v) is 29.2. The van der Waals surface area contributed by atoms with Gasteiger partial charge in [0.25, 0.3) is 0 Å². The smallest absolute Gasteiger partial charge is 0.386 e. The lowest BCUT2D eigenvalue weighted by atomic mass is 9.87. The van der Waals surface area contributed by atoms with Crippen molar-refractivity contribution >= 4 is 69.1 Å². The summed E-state index contributed by atoms with van der Waals surface area (Å²) in [7, 11) is -16.4. The van der Waals surface area contributed by atoms with E-state index in [1.165, 1.54) is 39.5 Å². The average molecular weight is 1100 g/mol. The molecule has 406 valence electrons. The molecule has 3 heterocycles. The molecule has 7 unspecified atom stereocenters. The second kappa shape index (κ2) is 32.1. The molecule has 0 spiro atoms. The van der Waals surface area contributed by atoms with Crippen LogP contribution in [0.4, 0.5) is 5.82 Å². The Hall–Kier alpha value is -3.48. The van der Waals surface area contributed by atoms with E-state index >= 15 is 0 Å².